The summed E-state index contributed by atoms with van der Waals surface area (Å²) in [4.78, 5) is 26.3. The highest BCUT2D eigenvalue weighted by Crippen LogP contribution is 2.29. The van der Waals surface area contributed by atoms with Crippen molar-refractivity contribution in [1.82, 2.24) is 14.7 Å². The zero-order valence-corrected chi connectivity index (χ0v) is 17.4. The van der Waals surface area contributed by atoms with E-state index in [1.54, 1.807) is 6.08 Å². The Morgan fingerprint density at radius 1 is 1.24 bits per heavy atom. The Balaban J connectivity index is 1.59. The molecule has 1 aliphatic rings. The first-order valence-electron chi connectivity index (χ1n) is 10.2. The first-order chi connectivity index (χ1) is 14.0. The maximum absolute atomic E-state index is 12.4. The quantitative estimate of drug-likeness (QED) is 0.480. The Kier molecular flexibility index (Phi) is 6.86. The molecule has 0 bridgehead atoms. The lowest BCUT2D eigenvalue weighted by Crippen LogP contribution is -2.36. The van der Waals surface area contributed by atoms with Crippen LogP contribution in [0.5, 0.6) is 0 Å². The number of carbonyl (C=O) groups excluding carboxylic acids is 2. The van der Waals surface area contributed by atoms with Gasteiger partial charge in [-0.2, -0.15) is 5.10 Å². The molecule has 29 heavy (non-hydrogen) atoms. The fraction of sp³-hybridized carbons (Fsp3) is 0.435. The molecule has 0 radical (unpaired) electrons. The van der Waals surface area contributed by atoms with Crippen molar-refractivity contribution < 1.29 is 14.3 Å². The number of rotatable bonds is 9. The van der Waals surface area contributed by atoms with Gasteiger partial charge in [0.2, 0.25) is 0 Å². The molecule has 1 amide bonds. The van der Waals surface area contributed by atoms with E-state index in [4.69, 9.17) is 4.74 Å². The monoisotopic (exact) mass is 395 g/mol. The Bertz CT molecular complexity index is 882. The Morgan fingerprint density at radius 3 is 2.62 bits per heavy atom. The van der Waals surface area contributed by atoms with Gasteiger partial charge in [-0.3, -0.25) is 4.79 Å². The van der Waals surface area contributed by atoms with Gasteiger partial charge < -0.3 is 9.64 Å². The molecule has 1 saturated carbocycles. The second kappa shape index (κ2) is 9.54. The Hall–Kier alpha value is -2.89. The number of amides is 1. The van der Waals surface area contributed by atoms with Crippen LogP contribution in [0.3, 0.4) is 0 Å². The van der Waals surface area contributed by atoms with Gasteiger partial charge in [-0.15, -0.1) is 0 Å². The minimum absolute atomic E-state index is 0.121. The smallest absolute Gasteiger partial charge is 0.331 e. The molecular formula is C23H29N3O3. The first kappa shape index (κ1) is 20.8. The second-order valence-corrected chi connectivity index (χ2v) is 7.56. The maximum atomic E-state index is 12.4. The third-order valence-electron chi connectivity index (χ3n) is 5.09. The summed E-state index contributed by atoms with van der Waals surface area (Å²) < 4.78 is 7.03. The lowest BCUT2D eigenvalue weighted by atomic mass is 10.2. The molecule has 1 fully saturated rings. The van der Waals surface area contributed by atoms with Gasteiger partial charge in [-0.05, 0) is 57.2 Å². The number of hydrogen-bond donors (Lipinski definition) is 0. The van der Waals surface area contributed by atoms with Crippen molar-refractivity contribution in [3.63, 3.8) is 0 Å². The zero-order chi connectivity index (χ0) is 20.8. The number of nitrogens with zero attached hydrogens (tertiary/aromatic N) is 3. The van der Waals surface area contributed by atoms with Crippen molar-refractivity contribution >= 4 is 18.0 Å². The number of para-hydroxylation sites is 1. The number of aryl methyl sites for hydroxylation is 1. The molecule has 0 spiro atoms. The van der Waals surface area contributed by atoms with E-state index in [-0.39, 0.29) is 12.5 Å². The van der Waals surface area contributed by atoms with Gasteiger partial charge in [0.05, 0.1) is 11.4 Å². The second-order valence-electron chi connectivity index (χ2n) is 7.56. The summed E-state index contributed by atoms with van der Waals surface area (Å²) >= 11 is 0. The maximum Gasteiger partial charge on any atom is 0.331 e. The summed E-state index contributed by atoms with van der Waals surface area (Å²) in [6.07, 6.45) is 6.34. The van der Waals surface area contributed by atoms with Gasteiger partial charge in [0.1, 0.15) is 0 Å². The molecule has 2 aromatic rings. The van der Waals surface area contributed by atoms with Gasteiger partial charge in [0, 0.05) is 30.4 Å². The lowest BCUT2D eigenvalue weighted by molar-refractivity contribution is -0.148. The Labute approximate surface area is 172 Å². The van der Waals surface area contributed by atoms with E-state index in [0.717, 1.165) is 35.6 Å². The van der Waals surface area contributed by atoms with Gasteiger partial charge in [-0.1, -0.05) is 25.1 Å². The average molecular weight is 396 g/mol. The predicted octanol–water partition coefficient (Wildman–Crippen LogP) is 3.69. The lowest BCUT2D eigenvalue weighted by Gasteiger charge is -2.21. The molecule has 6 nitrogen and oxygen atoms in total. The van der Waals surface area contributed by atoms with E-state index < -0.39 is 5.97 Å². The molecule has 1 aromatic heterocycles. The molecule has 1 aliphatic carbocycles. The van der Waals surface area contributed by atoms with E-state index in [1.807, 2.05) is 60.7 Å². The van der Waals surface area contributed by atoms with Gasteiger partial charge in [0.15, 0.2) is 6.61 Å². The SMILES string of the molecule is CCCN(CC1CC1)C(=O)COC(=O)/C=C/c1c(C)nn(-c2ccccc2)c1C. The molecule has 0 saturated heterocycles. The third-order valence-corrected chi connectivity index (χ3v) is 5.09. The fourth-order valence-electron chi connectivity index (χ4n) is 3.34. The molecule has 0 aliphatic heterocycles. The largest absolute Gasteiger partial charge is 0.452 e. The minimum Gasteiger partial charge on any atom is -0.452 e. The highest BCUT2D eigenvalue weighted by Gasteiger charge is 2.26. The summed E-state index contributed by atoms with van der Waals surface area (Å²) in [5.41, 5.74) is 3.60. The van der Waals surface area contributed by atoms with Crippen LogP contribution in [-0.4, -0.2) is 46.3 Å². The molecule has 1 heterocycles. The van der Waals surface area contributed by atoms with Crippen LogP contribution in [0.2, 0.25) is 0 Å². The standard InChI is InChI=1S/C23H29N3O3/c1-4-14-25(15-19-10-11-19)22(27)16-29-23(28)13-12-21-17(2)24-26(18(21)3)20-8-6-5-7-9-20/h5-9,12-13,19H,4,10-11,14-16H2,1-3H3/b13-12+. The third kappa shape index (κ3) is 5.56. The van der Waals surface area contributed by atoms with Crippen LogP contribution in [0.1, 0.15) is 43.1 Å². The van der Waals surface area contributed by atoms with E-state index in [0.29, 0.717) is 12.5 Å². The van der Waals surface area contributed by atoms with E-state index in [2.05, 4.69) is 5.10 Å². The summed E-state index contributed by atoms with van der Waals surface area (Å²) in [6.45, 7) is 7.18. The first-order valence-corrected chi connectivity index (χ1v) is 10.2. The molecule has 0 atom stereocenters. The van der Waals surface area contributed by atoms with E-state index >= 15 is 0 Å². The molecule has 1 aromatic carbocycles. The van der Waals surface area contributed by atoms with Crippen molar-refractivity contribution in [2.24, 2.45) is 5.92 Å². The van der Waals surface area contributed by atoms with Crippen molar-refractivity contribution in [2.75, 3.05) is 19.7 Å². The van der Waals surface area contributed by atoms with Gasteiger partial charge in [0.25, 0.3) is 5.91 Å². The van der Waals surface area contributed by atoms with Crippen LogP contribution in [-0.2, 0) is 14.3 Å². The van der Waals surface area contributed by atoms with Crippen molar-refractivity contribution in [1.29, 1.82) is 0 Å². The van der Waals surface area contributed by atoms with Crippen molar-refractivity contribution in [3.8, 4) is 5.69 Å². The van der Waals surface area contributed by atoms with Gasteiger partial charge >= 0.3 is 5.97 Å². The molecule has 6 heteroatoms. The highest BCUT2D eigenvalue weighted by atomic mass is 16.5. The summed E-state index contributed by atoms with van der Waals surface area (Å²) in [5, 5.41) is 4.56. The number of benzene rings is 1. The minimum atomic E-state index is -0.521. The zero-order valence-electron chi connectivity index (χ0n) is 17.4. The fourth-order valence-corrected chi connectivity index (χ4v) is 3.34. The van der Waals surface area contributed by atoms with Crippen molar-refractivity contribution in [2.45, 2.75) is 40.0 Å². The Morgan fingerprint density at radius 2 is 1.97 bits per heavy atom. The molecule has 3 rings (SSSR count). The summed E-state index contributed by atoms with van der Waals surface area (Å²) in [5.74, 6) is -0.0227. The molecule has 154 valence electrons. The number of ether oxygens (including phenoxy) is 1. The van der Waals surface area contributed by atoms with Crippen LogP contribution in [0, 0.1) is 19.8 Å². The average Bonchev–Trinajstić information content (AvgIpc) is 3.49. The topological polar surface area (TPSA) is 64.4 Å². The number of esters is 1. The highest BCUT2D eigenvalue weighted by molar-refractivity contribution is 5.89. The van der Waals surface area contributed by atoms with Gasteiger partial charge in [-0.25, -0.2) is 9.48 Å². The molecule has 0 unspecified atom stereocenters. The van der Waals surface area contributed by atoms with Crippen LogP contribution in [0.4, 0.5) is 0 Å². The van der Waals surface area contributed by atoms with E-state index in [1.165, 1.54) is 18.9 Å². The predicted molar refractivity (Wildman–Crippen MR) is 113 cm³/mol. The molecular weight excluding hydrogens is 366 g/mol. The normalized spacial score (nSPS) is 13.6. The number of carbonyl (C=O) groups is 2. The summed E-state index contributed by atoms with van der Waals surface area (Å²) in [6, 6.07) is 9.84. The van der Waals surface area contributed by atoms with Crippen LogP contribution in [0.25, 0.3) is 11.8 Å². The van der Waals surface area contributed by atoms with Crippen molar-refractivity contribution in [3.05, 3.63) is 53.4 Å². The number of aromatic nitrogens is 2. The molecule has 0 N–H and O–H groups in total. The van der Waals surface area contributed by atoms with Crippen LogP contribution >= 0.6 is 0 Å². The van der Waals surface area contributed by atoms with Crippen LogP contribution < -0.4 is 0 Å². The summed E-state index contributed by atoms with van der Waals surface area (Å²) in [7, 11) is 0. The van der Waals surface area contributed by atoms with E-state index in [9.17, 15) is 9.59 Å². The number of hydrogen-bond acceptors (Lipinski definition) is 4. The van der Waals surface area contributed by atoms with Crippen LogP contribution in [0.15, 0.2) is 36.4 Å².